The van der Waals surface area contributed by atoms with Gasteiger partial charge in [0.05, 0.1) is 0 Å². The summed E-state index contributed by atoms with van der Waals surface area (Å²) >= 11 is 0. The first kappa shape index (κ1) is 19.5. The predicted octanol–water partition coefficient (Wildman–Crippen LogP) is 8.32. The van der Waals surface area contributed by atoms with Crippen LogP contribution in [0.15, 0.2) is 135 Å². The molecular formula is C28H28S. The Morgan fingerprint density at radius 3 is 1.21 bits per heavy atom. The smallest absolute Gasteiger partial charge is 0.00259 e. The van der Waals surface area contributed by atoms with E-state index in [0.29, 0.717) is 0 Å². The minimum Gasteiger partial charge on any atom is -0.133 e. The lowest BCUT2D eigenvalue weighted by atomic mass is 9.87. The molecule has 0 radical (unpaired) electrons. The van der Waals surface area contributed by atoms with E-state index in [1.807, 2.05) is 0 Å². The molecule has 4 aromatic carbocycles. The van der Waals surface area contributed by atoms with Gasteiger partial charge in [0, 0.05) is 19.6 Å². The van der Waals surface area contributed by atoms with E-state index in [9.17, 15) is 0 Å². The molecule has 0 aliphatic rings. The van der Waals surface area contributed by atoms with E-state index >= 15 is 0 Å². The zero-order valence-corrected chi connectivity index (χ0v) is 18.2. The van der Waals surface area contributed by atoms with Crippen LogP contribution < -0.4 is 0 Å². The molecule has 0 aliphatic carbocycles. The summed E-state index contributed by atoms with van der Waals surface area (Å²) in [7, 11) is -1.59. The van der Waals surface area contributed by atoms with Crippen molar-refractivity contribution in [1.82, 2.24) is 0 Å². The number of hydrogen-bond donors (Lipinski definition) is 0. The maximum absolute atomic E-state index is 2.43. The van der Waals surface area contributed by atoms with E-state index in [-0.39, 0.29) is 5.41 Å². The van der Waals surface area contributed by atoms with Crippen LogP contribution in [-0.2, 0) is 5.41 Å². The third-order valence-electron chi connectivity index (χ3n) is 5.34. The molecule has 0 aromatic heterocycles. The fourth-order valence-corrected chi connectivity index (χ4v) is 7.76. The van der Waals surface area contributed by atoms with Gasteiger partial charge in [0.15, 0.2) is 0 Å². The Morgan fingerprint density at radius 1 is 0.448 bits per heavy atom. The standard InChI is InChI=1S/C28H28S/c1-28(2,3)23-14-13-21-27(22-23)29(24-15-7-4-8-16-24,25-17-9-5-10-18-25)26-19-11-6-12-20-26/h4-22H,1-3H3. The molecule has 0 saturated heterocycles. The van der Waals surface area contributed by atoms with Gasteiger partial charge in [-0.15, -0.1) is 10.0 Å². The monoisotopic (exact) mass is 396 g/mol. The Labute approximate surface area is 176 Å². The maximum Gasteiger partial charge on any atom is 0.00259 e. The highest BCUT2D eigenvalue weighted by molar-refractivity contribution is 8.34. The number of rotatable bonds is 4. The highest BCUT2D eigenvalue weighted by atomic mass is 32.3. The van der Waals surface area contributed by atoms with Gasteiger partial charge in [-0.1, -0.05) is 87.5 Å². The highest BCUT2D eigenvalue weighted by Crippen LogP contribution is 2.73. The third-order valence-corrected chi connectivity index (χ3v) is 9.24. The van der Waals surface area contributed by atoms with Crippen molar-refractivity contribution in [2.75, 3.05) is 0 Å². The minimum absolute atomic E-state index is 0.102. The summed E-state index contributed by atoms with van der Waals surface area (Å²) in [6, 6.07) is 42.3. The second-order valence-corrected chi connectivity index (χ2v) is 11.4. The SMILES string of the molecule is CC(C)(C)c1cccc(S(c2ccccc2)(c2ccccc2)c2ccccc2)c1. The van der Waals surface area contributed by atoms with E-state index < -0.39 is 10.0 Å². The van der Waals surface area contributed by atoms with Gasteiger partial charge in [-0.3, -0.25) is 0 Å². The molecule has 0 unspecified atom stereocenters. The van der Waals surface area contributed by atoms with Crippen LogP contribution in [-0.4, -0.2) is 0 Å². The molecular weight excluding hydrogens is 368 g/mol. The lowest BCUT2D eigenvalue weighted by molar-refractivity contribution is 0.588. The highest BCUT2D eigenvalue weighted by Gasteiger charge is 2.33. The summed E-state index contributed by atoms with van der Waals surface area (Å²) in [4.78, 5) is 5.48. The van der Waals surface area contributed by atoms with Crippen molar-refractivity contribution in [1.29, 1.82) is 0 Å². The Balaban J connectivity index is 2.12. The van der Waals surface area contributed by atoms with Gasteiger partial charge in [0.25, 0.3) is 0 Å². The first-order chi connectivity index (χ1) is 14.0. The summed E-state index contributed by atoms with van der Waals surface area (Å²) in [5, 5.41) is 0. The van der Waals surface area contributed by atoms with Gasteiger partial charge >= 0.3 is 0 Å². The van der Waals surface area contributed by atoms with Crippen LogP contribution in [0.5, 0.6) is 0 Å². The lowest BCUT2D eigenvalue weighted by Gasteiger charge is -2.42. The van der Waals surface area contributed by atoms with Crippen LogP contribution in [0.3, 0.4) is 0 Å². The Kier molecular flexibility index (Phi) is 5.34. The van der Waals surface area contributed by atoms with Gasteiger partial charge in [0.1, 0.15) is 0 Å². The molecule has 0 fully saturated rings. The largest absolute Gasteiger partial charge is 0.133 e. The molecule has 0 nitrogen and oxygen atoms in total. The Hall–Kier alpha value is -2.77. The number of benzene rings is 4. The molecule has 0 spiro atoms. The molecule has 0 aliphatic heterocycles. The quantitative estimate of drug-likeness (QED) is 0.325. The van der Waals surface area contributed by atoms with Crippen molar-refractivity contribution >= 4 is 10.0 Å². The van der Waals surface area contributed by atoms with Crippen molar-refractivity contribution in [3.8, 4) is 0 Å². The maximum atomic E-state index is 2.43. The topological polar surface area (TPSA) is 0 Å². The molecule has 0 bridgehead atoms. The van der Waals surface area contributed by atoms with Crippen LogP contribution in [0, 0.1) is 0 Å². The van der Waals surface area contributed by atoms with Crippen LogP contribution in [0.4, 0.5) is 0 Å². The summed E-state index contributed by atoms with van der Waals surface area (Å²) in [5.74, 6) is 0. The van der Waals surface area contributed by atoms with Crippen molar-refractivity contribution in [2.45, 2.75) is 45.8 Å². The number of hydrogen-bond acceptors (Lipinski definition) is 0. The summed E-state index contributed by atoms with van der Waals surface area (Å²) in [6.07, 6.45) is 0. The zero-order chi connectivity index (χ0) is 20.3. The van der Waals surface area contributed by atoms with E-state index in [2.05, 4.69) is 136 Å². The predicted molar refractivity (Wildman–Crippen MR) is 125 cm³/mol. The van der Waals surface area contributed by atoms with Crippen LogP contribution in [0.2, 0.25) is 0 Å². The van der Waals surface area contributed by atoms with Crippen LogP contribution in [0.25, 0.3) is 0 Å². The fraction of sp³-hybridized carbons (Fsp3) is 0.143. The molecule has 0 amide bonds. The normalized spacial score (nSPS) is 12.5. The molecule has 0 heterocycles. The molecule has 0 atom stereocenters. The molecule has 29 heavy (non-hydrogen) atoms. The summed E-state index contributed by atoms with van der Waals surface area (Å²) < 4.78 is 0. The van der Waals surface area contributed by atoms with Gasteiger partial charge in [0.2, 0.25) is 0 Å². The first-order valence-electron chi connectivity index (χ1n) is 10.1. The average molecular weight is 397 g/mol. The molecule has 0 N–H and O–H groups in total. The van der Waals surface area contributed by atoms with Crippen molar-refractivity contribution in [3.05, 3.63) is 121 Å². The zero-order valence-electron chi connectivity index (χ0n) is 17.4. The summed E-state index contributed by atoms with van der Waals surface area (Å²) in [6.45, 7) is 6.87. The average Bonchev–Trinajstić information content (AvgIpc) is 2.76. The molecule has 0 saturated carbocycles. The molecule has 1 heteroatoms. The van der Waals surface area contributed by atoms with Gasteiger partial charge in [-0.05, 0) is 59.5 Å². The van der Waals surface area contributed by atoms with Crippen LogP contribution >= 0.6 is 10.0 Å². The molecule has 4 aromatic rings. The van der Waals surface area contributed by atoms with Crippen LogP contribution in [0.1, 0.15) is 26.3 Å². The molecule has 146 valence electrons. The lowest BCUT2D eigenvalue weighted by Crippen LogP contribution is -2.12. The van der Waals surface area contributed by atoms with Crippen molar-refractivity contribution < 1.29 is 0 Å². The van der Waals surface area contributed by atoms with Crippen molar-refractivity contribution in [2.24, 2.45) is 0 Å². The Bertz CT molecular complexity index is 965. The summed E-state index contributed by atoms with van der Waals surface area (Å²) in [5.41, 5.74) is 1.47. The van der Waals surface area contributed by atoms with E-state index in [4.69, 9.17) is 0 Å². The third kappa shape index (κ3) is 3.63. The minimum atomic E-state index is -1.59. The first-order valence-corrected chi connectivity index (χ1v) is 11.8. The van der Waals surface area contributed by atoms with Gasteiger partial charge in [-0.2, -0.15) is 0 Å². The van der Waals surface area contributed by atoms with Gasteiger partial charge < -0.3 is 0 Å². The Morgan fingerprint density at radius 2 is 0.828 bits per heavy atom. The van der Waals surface area contributed by atoms with Crippen molar-refractivity contribution in [3.63, 3.8) is 0 Å². The second-order valence-electron chi connectivity index (χ2n) is 8.33. The second kappa shape index (κ2) is 7.93. The van der Waals surface area contributed by atoms with E-state index in [0.717, 1.165) is 0 Å². The van der Waals surface area contributed by atoms with E-state index in [1.54, 1.807) is 0 Å². The van der Waals surface area contributed by atoms with E-state index in [1.165, 1.54) is 25.1 Å². The molecule has 4 rings (SSSR count). The van der Waals surface area contributed by atoms with Gasteiger partial charge in [-0.25, -0.2) is 0 Å². The fourth-order valence-electron chi connectivity index (χ4n) is 3.84.